The number of aliphatic hydroxyl groups is 1. The summed E-state index contributed by atoms with van der Waals surface area (Å²) in [4.78, 5) is 24.9. The summed E-state index contributed by atoms with van der Waals surface area (Å²) in [6, 6.07) is 0.320. The molecule has 2 heterocycles. The van der Waals surface area contributed by atoms with E-state index in [-0.39, 0.29) is 18.7 Å². The van der Waals surface area contributed by atoms with Crippen LogP contribution in [-0.4, -0.2) is 46.6 Å². The first-order valence-corrected chi connectivity index (χ1v) is 8.12. The molecule has 0 spiro atoms. The zero-order chi connectivity index (χ0) is 19.0. The maximum atomic E-state index is 15.2. The van der Waals surface area contributed by atoms with Gasteiger partial charge in [0.25, 0.3) is 0 Å². The van der Waals surface area contributed by atoms with E-state index in [0.29, 0.717) is 19.4 Å². The van der Waals surface area contributed by atoms with E-state index in [1.54, 1.807) is 0 Å². The fourth-order valence-electron chi connectivity index (χ4n) is 3.48. The van der Waals surface area contributed by atoms with Crippen LogP contribution in [0.4, 0.5) is 18.9 Å². The van der Waals surface area contributed by atoms with Gasteiger partial charge in [0.2, 0.25) is 5.43 Å². The van der Waals surface area contributed by atoms with Crippen LogP contribution in [0.3, 0.4) is 0 Å². The van der Waals surface area contributed by atoms with Crippen LogP contribution in [0.2, 0.25) is 0 Å². The second-order valence-corrected chi connectivity index (χ2v) is 6.15. The van der Waals surface area contributed by atoms with Crippen LogP contribution in [0.5, 0.6) is 0 Å². The number of aryl methyl sites for hydroxylation is 1. The first-order chi connectivity index (χ1) is 12.4. The van der Waals surface area contributed by atoms with Gasteiger partial charge in [0.1, 0.15) is 23.7 Å². The van der Waals surface area contributed by atoms with Crippen molar-refractivity contribution in [3.63, 3.8) is 0 Å². The van der Waals surface area contributed by atoms with Crippen molar-refractivity contribution in [1.82, 2.24) is 4.57 Å². The Morgan fingerprint density at radius 3 is 2.69 bits per heavy atom. The summed E-state index contributed by atoms with van der Waals surface area (Å²) in [5.74, 6) is -3.65. The number of aromatic carboxylic acids is 1. The molecule has 1 aromatic carbocycles. The van der Waals surface area contributed by atoms with E-state index in [2.05, 4.69) is 0 Å². The molecular weight excluding hydrogens is 353 g/mol. The van der Waals surface area contributed by atoms with Crippen LogP contribution in [0, 0.1) is 11.6 Å². The van der Waals surface area contributed by atoms with Gasteiger partial charge in [0.15, 0.2) is 5.82 Å². The molecule has 1 atom stereocenters. The van der Waals surface area contributed by atoms with Crippen molar-refractivity contribution in [3.8, 4) is 0 Å². The molecule has 1 fully saturated rings. The molecule has 1 unspecified atom stereocenters. The summed E-state index contributed by atoms with van der Waals surface area (Å²) in [6.07, 6.45) is 2.06. The van der Waals surface area contributed by atoms with E-state index >= 15 is 4.39 Å². The van der Waals surface area contributed by atoms with E-state index in [1.165, 1.54) is 4.90 Å². The second kappa shape index (κ2) is 6.99. The molecule has 0 radical (unpaired) electrons. The van der Waals surface area contributed by atoms with Gasteiger partial charge < -0.3 is 19.7 Å². The Morgan fingerprint density at radius 2 is 2.08 bits per heavy atom. The summed E-state index contributed by atoms with van der Waals surface area (Å²) in [7, 11) is 0. The number of hydrogen-bond acceptors (Lipinski definition) is 4. The molecule has 0 aliphatic carbocycles. The lowest BCUT2D eigenvalue weighted by molar-refractivity contribution is 0.0694. The second-order valence-electron chi connectivity index (χ2n) is 6.15. The molecule has 3 rings (SSSR count). The van der Waals surface area contributed by atoms with Gasteiger partial charge in [-0.05, 0) is 18.9 Å². The number of fused-ring (bicyclic) bond motifs is 1. The van der Waals surface area contributed by atoms with E-state index in [9.17, 15) is 23.5 Å². The van der Waals surface area contributed by atoms with Crippen molar-refractivity contribution in [2.24, 2.45) is 0 Å². The van der Waals surface area contributed by atoms with Gasteiger partial charge in [-0.2, -0.15) is 0 Å². The van der Waals surface area contributed by atoms with Crippen LogP contribution < -0.4 is 10.3 Å². The standard InChI is InChI=1S/C17H17F3N2O4/c18-3-5-21-7-11(17(25)26)16(24)10-6-12(19)15(13(20)14(10)21)22-4-1-2-9(22)8-23/h6-7,9,23H,1-5,8H2,(H,25,26). The van der Waals surface area contributed by atoms with Crippen molar-refractivity contribution in [2.75, 3.05) is 24.7 Å². The Labute approximate surface area is 146 Å². The van der Waals surface area contributed by atoms with Gasteiger partial charge in [0.05, 0.1) is 30.1 Å². The highest BCUT2D eigenvalue weighted by atomic mass is 19.1. The smallest absolute Gasteiger partial charge is 0.341 e. The highest BCUT2D eigenvalue weighted by Crippen LogP contribution is 2.34. The van der Waals surface area contributed by atoms with E-state index in [4.69, 9.17) is 5.11 Å². The number of aliphatic hydroxyl groups excluding tert-OH is 1. The lowest BCUT2D eigenvalue weighted by Gasteiger charge is -2.27. The average Bonchev–Trinajstić information content (AvgIpc) is 3.05. The molecule has 2 N–H and O–H groups in total. The number of halogens is 3. The number of anilines is 1. The maximum absolute atomic E-state index is 15.2. The van der Waals surface area contributed by atoms with Crippen LogP contribution in [0.1, 0.15) is 23.2 Å². The van der Waals surface area contributed by atoms with Gasteiger partial charge in [-0.15, -0.1) is 0 Å². The highest BCUT2D eigenvalue weighted by molar-refractivity contribution is 5.93. The van der Waals surface area contributed by atoms with Crippen molar-refractivity contribution in [2.45, 2.75) is 25.4 Å². The maximum Gasteiger partial charge on any atom is 0.341 e. The van der Waals surface area contributed by atoms with Gasteiger partial charge >= 0.3 is 5.97 Å². The number of aromatic nitrogens is 1. The molecule has 9 heteroatoms. The SMILES string of the molecule is O=C(O)c1cn(CCF)c2c(F)c(N3CCCC3CO)c(F)cc2c1=O. The molecule has 0 saturated carbocycles. The van der Waals surface area contributed by atoms with Crippen molar-refractivity contribution < 1.29 is 28.2 Å². The summed E-state index contributed by atoms with van der Waals surface area (Å²) >= 11 is 0. The van der Waals surface area contributed by atoms with Crippen LogP contribution in [-0.2, 0) is 6.54 Å². The topological polar surface area (TPSA) is 82.8 Å². The van der Waals surface area contributed by atoms with E-state index in [0.717, 1.165) is 16.8 Å². The van der Waals surface area contributed by atoms with Crippen molar-refractivity contribution in [1.29, 1.82) is 0 Å². The van der Waals surface area contributed by atoms with Gasteiger partial charge in [-0.25, -0.2) is 18.0 Å². The summed E-state index contributed by atoms with van der Waals surface area (Å²) in [5.41, 5.74) is -2.47. The Morgan fingerprint density at radius 1 is 1.35 bits per heavy atom. The molecule has 26 heavy (non-hydrogen) atoms. The summed E-state index contributed by atoms with van der Waals surface area (Å²) in [5, 5.41) is 18.1. The Bertz CT molecular complexity index is 929. The minimum Gasteiger partial charge on any atom is -0.477 e. The molecule has 2 aromatic rings. The zero-order valence-electron chi connectivity index (χ0n) is 13.7. The Balaban J connectivity index is 2.34. The lowest BCUT2D eigenvalue weighted by Crippen LogP contribution is -2.34. The summed E-state index contributed by atoms with van der Waals surface area (Å²) < 4.78 is 43.7. The Kier molecular flexibility index (Phi) is 4.90. The van der Waals surface area contributed by atoms with Gasteiger partial charge in [-0.1, -0.05) is 0 Å². The number of carboxylic acids is 1. The number of hydrogen-bond donors (Lipinski definition) is 2. The predicted molar refractivity (Wildman–Crippen MR) is 88.5 cm³/mol. The van der Waals surface area contributed by atoms with Gasteiger partial charge in [0, 0.05) is 12.7 Å². The molecule has 1 aromatic heterocycles. The number of benzene rings is 1. The third kappa shape index (κ3) is 2.82. The predicted octanol–water partition coefficient (Wildman–Crippen LogP) is 1.91. The number of carboxylic acid groups (broad SMARTS) is 1. The number of nitrogens with zero attached hydrogens (tertiary/aromatic N) is 2. The highest BCUT2D eigenvalue weighted by Gasteiger charge is 2.31. The fraction of sp³-hybridized carbons (Fsp3) is 0.412. The van der Waals surface area contributed by atoms with Gasteiger partial charge in [-0.3, -0.25) is 4.79 Å². The van der Waals surface area contributed by atoms with E-state index < -0.39 is 52.4 Å². The molecule has 1 aliphatic rings. The average molecular weight is 370 g/mol. The first kappa shape index (κ1) is 18.2. The molecule has 1 saturated heterocycles. The fourth-order valence-corrected chi connectivity index (χ4v) is 3.48. The quantitative estimate of drug-likeness (QED) is 0.840. The van der Waals surface area contributed by atoms with Crippen LogP contribution >= 0.6 is 0 Å². The normalized spacial score (nSPS) is 17.2. The molecule has 140 valence electrons. The number of rotatable bonds is 5. The molecule has 1 aliphatic heterocycles. The van der Waals surface area contributed by atoms with E-state index in [1.807, 2.05) is 0 Å². The Hall–Kier alpha value is -2.55. The molecule has 6 nitrogen and oxygen atoms in total. The monoisotopic (exact) mass is 370 g/mol. The summed E-state index contributed by atoms with van der Waals surface area (Å²) in [6.45, 7) is -1.27. The number of pyridine rings is 1. The lowest BCUT2D eigenvalue weighted by atomic mass is 10.1. The number of alkyl halides is 1. The largest absolute Gasteiger partial charge is 0.477 e. The minimum absolute atomic E-state index is 0.286. The molecule has 0 bridgehead atoms. The third-order valence-corrected chi connectivity index (χ3v) is 4.66. The van der Waals surface area contributed by atoms with Crippen LogP contribution in [0.25, 0.3) is 10.9 Å². The van der Waals surface area contributed by atoms with Crippen molar-refractivity contribution >= 4 is 22.6 Å². The molecule has 0 amide bonds. The third-order valence-electron chi connectivity index (χ3n) is 4.66. The first-order valence-electron chi connectivity index (χ1n) is 8.12. The van der Waals surface area contributed by atoms with Crippen LogP contribution in [0.15, 0.2) is 17.1 Å². The number of carbonyl (C=O) groups is 1. The van der Waals surface area contributed by atoms with Crippen molar-refractivity contribution in [3.05, 3.63) is 39.7 Å². The zero-order valence-corrected chi connectivity index (χ0v) is 13.7. The minimum atomic E-state index is -1.56. The molecular formula is C17H17F3N2O4.